The number of anilines is 2. The van der Waals surface area contributed by atoms with E-state index in [1.54, 1.807) is 0 Å². The van der Waals surface area contributed by atoms with Crippen LogP contribution in [0.4, 0.5) is 21.7 Å². The summed E-state index contributed by atoms with van der Waals surface area (Å²) >= 11 is 4.61. The number of aromatic nitrogens is 1. The van der Waals surface area contributed by atoms with Crippen molar-refractivity contribution >= 4 is 30.0 Å². The number of rotatable bonds is 5. The van der Waals surface area contributed by atoms with Crippen LogP contribution in [-0.4, -0.2) is 56.0 Å². The molecule has 0 bridgehead atoms. The van der Waals surface area contributed by atoms with Gasteiger partial charge in [-0.15, -0.1) is 17.3 Å². The van der Waals surface area contributed by atoms with Gasteiger partial charge in [0.25, 0.3) is 5.82 Å². The molecule has 1 atom stereocenters. The standard InChI is InChI=1S/C23H30FN5OS/c24-19-13-21(31)18(12-20(19)28-7-4-16(14-25)15-28)17-10-22(27-5-2-1-3-6-27)26-23(11-17)29(30)8-9-29/h10-13,16,30H,1-9,14-15,25H2/p+1. The molecule has 0 amide bonds. The number of pyridine rings is 1. The number of benzene rings is 1. The number of hydrogen-bond donors (Lipinski definition) is 3. The van der Waals surface area contributed by atoms with Crippen LogP contribution in [0.15, 0.2) is 29.2 Å². The van der Waals surface area contributed by atoms with Gasteiger partial charge in [-0.25, -0.2) is 9.60 Å². The third kappa shape index (κ3) is 4.14. The minimum Gasteiger partial charge on any atom is -0.369 e. The molecule has 31 heavy (non-hydrogen) atoms. The average molecular weight is 445 g/mol. The minimum absolute atomic E-state index is 0.130. The Labute approximate surface area is 188 Å². The number of halogens is 1. The van der Waals surface area contributed by atoms with Gasteiger partial charge in [-0.1, -0.05) is 0 Å². The summed E-state index contributed by atoms with van der Waals surface area (Å²) in [4.78, 5) is 9.78. The van der Waals surface area contributed by atoms with E-state index in [0.717, 1.165) is 62.4 Å². The predicted molar refractivity (Wildman–Crippen MR) is 126 cm³/mol. The fraction of sp³-hybridized carbons (Fsp3) is 0.522. The van der Waals surface area contributed by atoms with Crippen molar-refractivity contribution in [3.05, 3.63) is 30.1 Å². The van der Waals surface area contributed by atoms with Crippen LogP contribution in [0.1, 0.15) is 25.7 Å². The van der Waals surface area contributed by atoms with Gasteiger partial charge in [0.05, 0.1) is 5.69 Å². The smallest absolute Gasteiger partial charge is 0.263 e. The van der Waals surface area contributed by atoms with Crippen molar-refractivity contribution in [1.29, 1.82) is 0 Å². The second-order valence-corrected chi connectivity index (χ2v) is 9.63. The second kappa shape index (κ2) is 8.24. The molecule has 2 aromatic rings. The van der Waals surface area contributed by atoms with E-state index in [1.165, 1.54) is 12.5 Å². The maximum absolute atomic E-state index is 14.9. The highest BCUT2D eigenvalue weighted by molar-refractivity contribution is 7.80. The van der Waals surface area contributed by atoms with Crippen LogP contribution in [0, 0.1) is 11.7 Å². The second-order valence-electron chi connectivity index (χ2n) is 9.15. The molecule has 1 unspecified atom stereocenters. The molecule has 1 aromatic heterocycles. The van der Waals surface area contributed by atoms with Gasteiger partial charge in [-0.2, -0.15) is 4.98 Å². The third-order valence-corrected chi connectivity index (χ3v) is 7.26. The topological polar surface area (TPSA) is 65.6 Å². The Kier molecular flexibility index (Phi) is 5.58. The normalized spacial score (nSPS) is 22.8. The largest absolute Gasteiger partial charge is 0.369 e. The van der Waals surface area contributed by atoms with E-state index in [-0.39, 0.29) is 10.5 Å². The first-order valence-corrected chi connectivity index (χ1v) is 11.8. The van der Waals surface area contributed by atoms with Crippen molar-refractivity contribution < 1.29 is 9.60 Å². The van der Waals surface area contributed by atoms with Gasteiger partial charge in [-0.3, -0.25) is 0 Å². The van der Waals surface area contributed by atoms with E-state index in [2.05, 4.69) is 28.5 Å². The average Bonchev–Trinajstić information content (AvgIpc) is 3.36. The fourth-order valence-electron chi connectivity index (χ4n) is 4.75. The Morgan fingerprint density at radius 1 is 1.10 bits per heavy atom. The maximum Gasteiger partial charge on any atom is 0.263 e. The first-order valence-electron chi connectivity index (χ1n) is 11.3. The molecule has 6 nitrogen and oxygen atoms in total. The van der Waals surface area contributed by atoms with Crippen molar-refractivity contribution in [2.45, 2.75) is 30.6 Å². The van der Waals surface area contributed by atoms with Crippen molar-refractivity contribution in [2.24, 2.45) is 11.7 Å². The quantitative estimate of drug-likeness (QED) is 0.373. The molecule has 4 heterocycles. The number of hydrogen-bond acceptors (Lipinski definition) is 6. The Bertz CT molecular complexity index is 977. The van der Waals surface area contributed by atoms with Crippen molar-refractivity contribution in [3.8, 4) is 11.1 Å². The Balaban J connectivity index is 1.56. The van der Waals surface area contributed by atoms with Crippen molar-refractivity contribution in [1.82, 2.24) is 9.63 Å². The monoisotopic (exact) mass is 444 g/mol. The third-order valence-electron chi connectivity index (χ3n) is 6.89. The minimum atomic E-state index is -0.256. The molecule has 166 valence electrons. The molecule has 0 spiro atoms. The van der Waals surface area contributed by atoms with Crippen LogP contribution in [0.3, 0.4) is 0 Å². The summed E-state index contributed by atoms with van der Waals surface area (Å²) in [5.41, 5.74) is 8.22. The van der Waals surface area contributed by atoms with Crippen LogP contribution >= 0.6 is 12.6 Å². The Hall–Kier alpha value is -1.87. The molecule has 3 N–H and O–H groups in total. The molecular formula is C23H31FN5OS+. The van der Waals surface area contributed by atoms with Gasteiger partial charge >= 0.3 is 0 Å². The van der Waals surface area contributed by atoms with E-state index in [1.807, 2.05) is 12.1 Å². The molecule has 1 aromatic carbocycles. The zero-order valence-corrected chi connectivity index (χ0v) is 18.7. The lowest BCUT2D eigenvalue weighted by Gasteiger charge is -2.28. The van der Waals surface area contributed by atoms with Gasteiger partial charge in [0, 0.05) is 37.1 Å². The molecular weight excluding hydrogens is 413 g/mol. The number of hydroxylamine groups is 2. The maximum atomic E-state index is 14.9. The van der Waals surface area contributed by atoms with Crippen molar-refractivity contribution in [3.63, 3.8) is 0 Å². The van der Waals surface area contributed by atoms with Crippen LogP contribution in [0.2, 0.25) is 0 Å². The van der Waals surface area contributed by atoms with Gasteiger partial charge < -0.3 is 15.5 Å². The van der Waals surface area contributed by atoms with Gasteiger partial charge in [0.15, 0.2) is 13.1 Å². The molecule has 0 radical (unpaired) electrons. The van der Waals surface area contributed by atoms with Gasteiger partial charge in [0.1, 0.15) is 11.6 Å². The highest BCUT2D eigenvalue weighted by Crippen LogP contribution is 2.39. The van der Waals surface area contributed by atoms with Crippen LogP contribution in [-0.2, 0) is 0 Å². The predicted octanol–water partition coefficient (Wildman–Crippen LogP) is 3.66. The Morgan fingerprint density at radius 3 is 2.55 bits per heavy atom. The Morgan fingerprint density at radius 2 is 1.87 bits per heavy atom. The van der Waals surface area contributed by atoms with Crippen LogP contribution < -0.4 is 20.2 Å². The summed E-state index contributed by atoms with van der Waals surface area (Å²) in [6.07, 6.45) is 4.52. The van der Waals surface area contributed by atoms with Gasteiger partial charge in [0.2, 0.25) is 0 Å². The number of thiol groups is 1. The van der Waals surface area contributed by atoms with E-state index in [9.17, 15) is 9.60 Å². The van der Waals surface area contributed by atoms with Crippen molar-refractivity contribution in [2.75, 3.05) is 55.6 Å². The first-order chi connectivity index (χ1) is 15.0. The fourth-order valence-corrected chi connectivity index (χ4v) is 5.06. The lowest BCUT2D eigenvalue weighted by molar-refractivity contribution is 0.0377. The summed E-state index contributed by atoms with van der Waals surface area (Å²) in [6, 6.07) is 7.41. The van der Waals surface area contributed by atoms with E-state index >= 15 is 0 Å². The van der Waals surface area contributed by atoms with Crippen LogP contribution in [0.5, 0.6) is 0 Å². The highest BCUT2D eigenvalue weighted by atomic mass is 32.1. The molecule has 8 heteroatoms. The zero-order chi connectivity index (χ0) is 21.6. The zero-order valence-electron chi connectivity index (χ0n) is 17.8. The summed E-state index contributed by atoms with van der Waals surface area (Å²) in [5, 5.41) is 10.7. The number of nitrogens with two attached hydrogens (primary N) is 1. The number of nitrogens with zero attached hydrogens (tertiary/aromatic N) is 4. The summed E-state index contributed by atoms with van der Waals surface area (Å²) in [5.74, 6) is 1.68. The molecule has 3 aliphatic heterocycles. The van der Waals surface area contributed by atoms with Gasteiger partial charge in [-0.05, 0) is 67.5 Å². The lowest BCUT2D eigenvalue weighted by atomic mass is 10.0. The SMILES string of the molecule is NCC1CCN(c2cc(-c3cc(N4CCCCC4)nc([N+]4(O)CC4)c3)c(S)cc2F)C1. The first kappa shape index (κ1) is 21.0. The molecule has 5 rings (SSSR count). The highest BCUT2D eigenvalue weighted by Gasteiger charge is 2.46. The summed E-state index contributed by atoms with van der Waals surface area (Å²) in [7, 11) is 0. The summed E-state index contributed by atoms with van der Waals surface area (Å²) in [6.45, 7) is 5.49. The lowest BCUT2D eigenvalue weighted by Crippen LogP contribution is -2.31. The summed E-state index contributed by atoms with van der Waals surface area (Å²) < 4.78 is 14.8. The molecule has 3 aliphatic rings. The van der Waals surface area contributed by atoms with Crippen LogP contribution in [0.25, 0.3) is 11.1 Å². The molecule has 0 saturated carbocycles. The van der Waals surface area contributed by atoms with E-state index in [0.29, 0.717) is 42.0 Å². The molecule has 3 saturated heterocycles. The number of piperidine rings is 1. The molecule has 3 fully saturated rings. The number of quaternary nitrogens is 1. The molecule has 0 aliphatic carbocycles. The van der Waals surface area contributed by atoms with E-state index < -0.39 is 0 Å². The van der Waals surface area contributed by atoms with E-state index in [4.69, 9.17) is 10.7 Å².